The molecule has 0 aliphatic rings. The SMILES string of the molecule is COCCN(CC(=O)c1cccn1C)C(C)COC. The van der Waals surface area contributed by atoms with Crippen molar-refractivity contribution < 1.29 is 14.3 Å². The van der Waals surface area contributed by atoms with Crippen LogP contribution in [0.5, 0.6) is 0 Å². The van der Waals surface area contributed by atoms with Crippen molar-refractivity contribution in [1.29, 1.82) is 0 Å². The average molecular weight is 268 g/mol. The summed E-state index contributed by atoms with van der Waals surface area (Å²) in [7, 11) is 5.22. The molecule has 1 unspecified atom stereocenters. The van der Waals surface area contributed by atoms with Gasteiger partial charge in [-0.3, -0.25) is 9.69 Å². The number of aryl methyl sites for hydroxylation is 1. The number of nitrogens with zero attached hydrogens (tertiary/aromatic N) is 2. The summed E-state index contributed by atoms with van der Waals surface area (Å²) in [5.74, 6) is 0.117. The van der Waals surface area contributed by atoms with Crippen molar-refractivity contribution in [3.05, 3.63) is 24.0 Å². The molecular formula is C14H24N2O3. The quantitative estimate of drug-likeness (QED) is 0.631. The number of ether oxygens (including phenoxy) is 2. The minimum atomic E-state index is 0.117. The first-order chi connectivity index (χ1) is 9.10. The van der Waals surface area contributed by atoms with E-state index in [1.165, 1.54) is 0 Å². The normalized spacial score (nSPS) is 12.9. The third-order valence-corrected chi connectivity index (χ3v) is 3.19. The lowest BCUT2D eigenvalue weighted by Crippen LogP contribution is -2.42. The molecule has 1 aromatic rings. The molecular weight excluding hydrogens is 244 g/mol. The van der Waals surface area contributed by atoms with Crippen LogP contribution in [-0.2, 0) is 16.5 Å². The van der Waals surface area contributed by atoms with Crippen LogP contribution in [0.2, 0.25) is 0 Å². The van der Waals surface area contributed by atoms with Crippen molar-refractivity contribution in [2.45, 2.75) is 13.0 Å². The number of rotatable bonds is 9. The van der Waals surface area contributed by atoms with E-state index < -0.39 is 0 Å². The summed E-state index contributed by atoms with van der Waals surface area (Å²) in [5, 5.41) is 0. The molecule has 108 valence electrons. The van der Waals surface area contributed by atoms with Crippen LogP contribution in [0.15, 0.2) is 18.3 Å². The molecule has 0 N–H and O–H groups in total. The number of hydrogen-bond acceptors (Lipinski definition) is 4. The molecule has 0 spiro atoms. The standard InChI is InChI=1S/C14H24N2O3/c1-12(11-19-4)16(8-9-18-3)10-14(17)13-6-5-7-15(13)2/h5-7,12H,8-11H2,1-4H3. The maximum absolute atomic E-state index is 12.3. The summed E-state index contributed by atoms with van der Waals surface area (Å²) in [4.78, 5) is 14.4. The molecule has 1 atom stereocenters. The number of methoxy groups -OCH3 is 2. The highest BCUT2D eigenvalue weighted by Gasteiger charge is 2.19. The van der Waals surface area contributed by atoms with E-state index in [2.05, 4.69) is 11.8 Å². The summed E-state index contributed by atoms with van der Waals surface area (Å²) in [6.45, 7) is 4.36. The minimum Gasteiger partial charge on any atom is -0.383 e. The Bertz CT molecular complexity index is 390. The van der Waals surface area contributed by atoms with Crippen molar-refractivity contribution in [2.75, 3.05) is 40.5 Å². The Hall–Kier alpha value is -1.17. The van der Waals surface area contributed by atoms with Gasteiger partial charge in [-0.05, 0) is 19.1 Å². The maximum atomic E-state index is 12.3. The predicted molar refractivity (Wildman–Crippen MR) is 74.5 cm³/mol. The van der Waals surface area contributed by atoms with Crippen molar-refractivity contribution in [1.82, 2.24) is 9.47 Å². The summed E-state index contributed by atoms with van der Waals surface area (Å²) >= 11 is 0. The van der Waals surface area contributed by atoms with Gasteiger partial charge in [-0.2, -0.15) is 0 Å². The predicted octanol–water partition coefficient (Wildman–Crippen LogP) is 1.19. The molecule has 0 aliphatic carbocycles. The van der Waals surface area contributed by atoms with E-state index in [-0.39, 0.29) is 11.8 Å². The van der Waals surface area contributed by atoms with E-state index in [1.807, 2.05) is 29.9 Å². The van der Waals surface area contributed by atoms with E-state index in [9.17, 15) is 4.79 Å². The number of carbonyl (C=O) groups excluding carboxylic acids is 1. The second kappa shape index (κ2) is 8.09. The Morgan fingerprint density at radius 1 is 1.42 bits per heavy atom. The molecule has 19 heavy (non-hydrogen) atoms. The number of carbonyl (C=O) groups is 1. The first kappa shape index (κ1) is 15.9. The fraction of sp³-hybridized carbons (Fsp3) is 0.643. The molecule has 0 saturated carbocycles. The van der Waals surface area contributed by atoms with Gasteiger partial charge in [0.1, 0.15) is 0 Å². The van der Waals surface area contributed by atoms with Gasteiger partial charge < -0.3 is 14.0 Å². The Kier molecular flexibility index (Phi) is 6.77. The van der Waals surface area contributed by atoms with Crippen LogP contribution in [-0.4, -0.2) is 61.8 Å². The van der Waals surface area contributed by atoms with E-state index >= 15 is 0 Å². The van der Waals surface area contributed by atoms with Crippen molar-refractivity contribution in [3.8, 4) is 0 Å². The zero-order chi connectivity index (χ0) is 14.3. The summed E-state index contributed by atoms with van der Waals surface area (Å²) in [5.41, 5.74) is 0.729. The molecule has 0 amide bonds. The second-order valence-corrected chi connectivity index (χ2v) is 4.70. The lowest BCUT2D eigenvalue weighted by molar-refractivity contribution is 0.0646. The van der Waals surface area contributed by atoms with Gasteiger partial charge in [0, 0.05) is 40.1 Å². The molecule has 1 rings (SSSR count). The maximum Gasteiger partial charge on any atom is 0.193 e. The van der Waals surface area contributed by atoms with Crippen molar-refractivity contribution in [2.24, 2.45) is 7.05 Å². The first-order valence-electron chi connectivity index (χ1n) is 6.46. The molecule has 0 bridgehead atoms. The molecule has 0 saturated heterocycles. The zero-order valence-corrected chi connectivity index (χ0v) is 12.3. The third kappa shape index (κ3) is 4.78. The van der Waals surface area contributed by atoms with Crippen LogP contribution >= 0.6 is 0 Å². The molecule has 1 heterocycles. The van der Waals surface area contributed by atoms with E-state index in [0.29, 0.717) is 19.8 Å². The monoisotopic (exact) mass is 268 g/mol. The van der Waals surface area contributed by atoms with Crippen LogP contribution in [0.4, 0.5) is 0 Å². The zero-order valence-electron chi connectivity index (χ0n) is 12.3. The van der Waals surface area contributed by atoms with E-state index in [0.717, 1.165) is 12.2 Å². The van der Waals surface area contributed by atoms with Gasteiger partial charge >= 0.3 is 0 Å². The van der Waals surface area contributed by atoms with Gasteiger partial charge in [0.2, 0.25) is 0 Å². The van der Waals surface area contributed by atoms with Crippen molar-refractivity contribution >= 4 is 5.78 Å². The fourth-order valence-electron chi connectivity index (χ4n) is 2.03. The van der Waals surface area contributed by atoms with Gasteiger partial charge in [-0.15, -0.1) is 0 Å². The Morgan fingerprint density at radius 2 is 2.16 bits per heavy atom. The highest BCUT2D eigenvalue weighted by atomic mass is 16.5. The summed E-state index contributed by atoms with van der Waals surface area (Å²) in [6, 6.07) is 3.91. The first-order valence-corrected chi connectivity index (χ1v) is 6.46. The highest BCUT2D eigenvalue weighted by molar-refractivity contribution is 5.96. The van der Waals surface area contributed by atoms with Crippen LogP contribution in [0.25, 0.3) is 0 Å². The van der Waals surface area contributed by atoms with Gasteiger partial charge in [0.15, 0.2) is 5.78 Å². The number of aromatic nitrogens is 1. The van der Waals surface area contributed by atoms with Crippen LogP contribution in [0.3, 0.4) is 0 Å². The summed E-state index contributed by atoms with van der Waals surface area (Å²) < 4.78 is 12.1. The van der Waals surface area contributed by atoms with Crippen LogP contribution in [0.1, 0.15) is 17.4 Å². The van der Waals surface area contributed by atoms with E-state index in [4.69, 9.17) is 9.47 Å². The Morgan fingerprint density at radius 3 is 2.68 bits per heavy atom. The summed E-state index contributed by atoms with van der Waals surface area (Å²) in [6.07, 6.45) is 1.88. The molecule has 0 fully saturated rings. The number of hydrogen-bond donors (Lipinski definition) is 0. The molecule has 0 aliphatic heterocycles. The lowest BCUT2D eigenvalue weighted by Gasteiger charge is -2.27. The third-order valence-electron chi connectivity index (χ3n) is 3.19. The average Bonchev–Trinajstić information content (AvgIpc) is 2.80. The lowest BCUT2D eigenvalue weighted by atomic mass is 10.2. The van der Waals surface area contributed by atoms with E-state index in [1.54, 1.807) is 14.2 Å². The molecule has 0 aromatic carbocycles. The van der Waals surface area contributed by atoms with Crippen molar-refractivity contribution in [3.63, 3.8) is 0 Å². The molecule has 5 nitrogen and oxygen atoms in total. The minimum absolute atomic E-state index is 0.117. The highest BCUT2D eigenvalue weighted by Crippen LogP contribution is 2.06. The molecule has 1 aromatic heterocycles. The Labute approximate surface area is 115 Å². The molecule has 0 radical (unpaired) electrons. The fourth-order valence-corrected chi connectivity index (χ4v) is 2.03. The van der Waals surface area contributed by atoms with Gasteiger partial charge in [0.05, 0.1) is 25.5 Å². The molecule has 5 heteroatoms. The Balaban J connectivity index is 2.65. The topological polar surface area (TPSA) is 43.7 Å². The smallest absolute Gasteiger partial charge is 0.193 e. The van der Waals surface area contributed by atoms with Crippen LogP contribution < -0.4 is 0 Å². The van der Waals surface area contributed by atoms with Gasteiger partial charge in [0.25, 0.3) is 0 Å². The van der Waals surface area contributed by atoms with Gasteiger partial charge in [-0.25, -0.2) is 0 Å². The largest absolute Gasteiger partial charge is 0.383 e. The second-order valence-electron chi connectivity index (χ2n) is 4.70. The number of ketones is 1. The van der Waals surface area contributed by atoms with Crippen LogP contribution in [0, 0.1) is 0 Å². The number of Topliss-reactive ketones (excluding diaryl/α,β-unsaturated/α-hetero) is 1. The van der Waals surface area contributed by atoms with Gasteiger partial charge in [-0.1, -0.05) is 0 Å².